The number of methoxy groups -OCH3 is 1. The second-order valence-electron chi connectivity index (χ2n) is 4.32. The van der Waals surface area contributed by atoms with Crippen LogP contribution < -0.4 is 0 Å². The molecule has 1 aliphatic rings. The number of benzene rings is 1. The largest absolute Gasteiger partial charge is 0.468 e. The standard InChI is InChI=1S/C14H16BrNO2/c1-18-14(17)13-8-7-12(15)10-16(13)9-11-5-3-2-4-6-11/h2-7,13H,8-10H2,1H3. The second kappa shape index (κ2) is 6.16. The molecule has 1 aromatic rings. The van der Waals surface area contributed by atoms with Gasteiger partial charge in [-0.05, 0) is 12.0 Å². The monoisotopic (exact) mass is 309 g/mol. The van der Waals surface area contributed by atoms with Crippen LogP contribution in [0.4, 0.5) is 0 Å². The van der Waals surface area contributed by atoms with E-state index >= 15 is 0 Å². The number of halogens is 1. The van der Waals surface area contributed by atoms with E-state index < -0.39 is 0 Å². The first-order valence-corrected chi connectivity index (χ1v) is 6.70. The van der Waals surface area contributed by atoms with Gasteiger partial charge < -0.3 is 4.74 Å². The van der Waals surface area contributed by atoms with Gasteiger partial charge in [-0.3, -0.25) is 9.69 Å². The third kappa shape index (κ3) is 3.21. The SMILES string of the molecule is COC(=O)C1CC=C(Br)CN1Cc1ccccc1. The molecule has 0 fully saturated rings. The van der Waals surface area contributed by atoms with Crippen molar-refractivity contribution >= 4 is 21.9 Å². The summed E-state index contributed by atoms with van der Waals surface area (Å²) in [6, 6.07) is 9.97. The molecule has 0 saturated carbocycles. The number of ether oxygens (including phenoxy) is 1. The molecule has 1 heterocycles. The van der Waals surface area contributed by atoms with E-state index in [1.54, 1.807) is 0 Å². The van der Waals surface area contributed by atoms with Gasteiger partial charge in [-0.1, -0.05) is 52.3 Å². The van der Waals surface area contributed by atoms with Crippen LogP contribution in [0.5, 0.6) is 0 Å². The van der Waals surface area contributed by atoms with E-state index in [0.29, 0.717) is 6.42 Å². The predicted molar refractivity (Wildman–Crippen MR) is 74.3 cm³/mol. The fraction of sp³-hybridized carbons (Fsp3) is 0.357. The molecule has 96 valence electrons. The van der Waals surface area contributed by atoms with Crippen LogP contribution in [-0.4, -0.2) is 30.6 Å². The van der Waals surface area contributed by atoms with Gasteiger partial charge in [0.2, 0.25) is 0 Å². The fourth-order valence-electron chi connectivity index (χ4n) is 2.12. The summed E-state index contributed by atoms with van der Waals surface area (Å²) in [6.07, 6.45) is 2.74. The molecule has 0 N–H and O–H groups in total. The topological polar surface area (TPSA) is 29.5 Å². The second-order valence-corrected chi connectivity index (χ2v) is 5.33. The Hall–Kier alpha value is -1.13. The molecule has 1 aliphatic heterocycles. The highest BCUT2D eigenvalue weighted by atomic mass is 79.9. The van der Waals surface area contributed by atoms with E-state index in [2.05, 4.69) is 33.0 Å². The Morgan fingerprint density at radius 3 is 2.83 bits per heavy atom. The van der Waals surface area contributed by atoms with E-state index in [0.717, 1.165) is 17.6 Å². The molecule has 0 amide bonds. The Bertz CT molecular complexity index is 444. The Morgan fingerprint density at radius 2 is 2.17 bits per heavy atom. The maximum absolute atomic E-state index is 11.8. The van der Waals surface area contributed by atoms with Gasteiger partial charge >= 0.3 is 5.97 Å². The lowest BCUT2D eigenvalue weighted by Crippen LogP contribution is -2.43. The average Bonchev–Trinajstić information content (AvgIpc) is 2.39. The van der Waals surface area contributed by atoms with Crippen molar-refractivity contribution in [2.75, 3.05) is 13.7 Å². The molecular formula is C14H16BrNO2. The van der Waals surface area contributed by atoms with E-state index in [1.165, 1.54) is 12.7 Å². The molecule has 2 rings (SSSR count). The Morgan fingerprint density at radius 1 is 1.44 bits per heavy atom. The van der Waals surface area contributed by atoms with Crippen LogP contribution in [-0.2, 0) is 16.1 Å². The lowest BCUT2D eigenvalue weighted by molar-refractivity contribution is -0.147. The first-order chi connectivity index (χ1) is 8.70. The summed E-state index contributed by atoms with van der Waals surface area (Å²) in [7, 11) is 1.44. The molecule has 0 aliphatic carbocycles. The third-order valence-corrected chi connectivity index (χ3v) is 3.63. The van der Waals surface area contributed by atoms with Crippen molar-refractivity contribution in [2.45, 2.75) is 19.0 Å². The van der Waals surface area contributed by atoms with Crippen LogP contribution in [0.2, 0.25) is 0 Å². The first-order valence-electron chi connectivity index (χ1n) is 5.91. The van der Waals surface area contributed by atoms with Crippen molar-refractivity contribution in [3.8, 4) is 0 Å². The molecule has 0 spiro atoms. The fourth-order valence-corrected chi connectivity index (χ4v) is 2.63. The third-order valence-electron chi connectivity index (χ3n) is 3.06. The Balaban J connectivity index is 2.12. The Kier molecular flexibility index (Phi) is 4.55. The van der Waals surface area contributed by atoms with E-state index in [-0.39, 0.29) is 12.0 Å². The minimum Gasteiger partial charge on any atom is -0.468 e. The number of carbonyl (C=O) groups excluding carboxylic acids is 1. The van der Waals surface area contributed by atoms with Gasteiger partial charge in [0.05, 0.1) is 7.11 Å². The van der Waals surface area contributed by atoms with E-state index in [9.17, 15) is 4.79 Å². The van der Waals surface area contributed by atoms with Crippen molar-refractivity contribution < 1.29 is 9.53 Å². The maximum Gasteiger partial charge on any atom is 0.323 e. The van der Waals surface area contributed by atoms with Gasteiger partial charge in [-0.25, -0.2) is 0 Å². The number of hydrogen-bond acceptors (Lipinski definition) is 3. The summed E-state index contributed by atoms with van der Waals surface area (Å²) < 4.78 is 5.99. The number of rotatable bonds is 3. The lowest BCUT2D eigenvalue weighted by Gasteiger charge is -2.32. The molecule has 1 unspecified atom stereocenters. The highest BCUT2D eigenvalue weighted by Gasteiger charge is 2.29. The van der Waals surface area contributed by atoms with Crippen molar-refractivity contribution in [3.63, 3.8) is 0 Å². The molecule has 0 radical (unpaired) electrons. The average molecular weight is 310 g/mol. The summed E-state index contributed by atoms with van der Waals surface area (Å²) in [5, 5.41) is 0. The summed E-state index contributed by atoms with van der Waals surface area (Å²) in [6.45, 7) is 1.50. The molecule has 4 heteroatoms. The van der Waals surface area contributed by atoms with Crippen LogP contribution >= 0.6 is 15.9 Å². The zero-order valence-electron chi connectivity index (χ0n) is 10.3. The normalized spacial score (nSPS) is 20.3. The van der Waals surface area contributed by atoms with Crippen molar-refractivity contribution in [1.82, 2.24) is 4.90 Å². The number of carbonyl (C=O) groups is 1. The molecular weight excluding hydrogens is 294 g/mol. The Labute approximate surface area is 116 Å². The molecule has 0 saturated heterocycles. The zero-order valence-corrected chi connectivity index (χ0v) is 11.9. The van der Waals surface area contributed by atoms with Crippen LogP contribution in [0.1, 0.15) is 12.0 Å². The zero-order chi connectivity index (χ0) is 13.0. The molecule has 1 atom stereocenters. The summed E-state index contributed by atoms with van der Waals surface area (Å²) in [5.74, 6) is -0.165. The molecule has 18 heavy (non-hydrogen) atoms. The molecule has 0 aromatic heterocycles. The van der Waals surface area contributed by atoms with Gasteiger partial charge in [-0.2, -0.15) is 0 Å². The number of nitrogens with zero attached hydrogens (tertiary/aromatic N) is 1. The molecule has 3 nitrogen and oxygen atoms in total. The van der Waals surface area contributed by atoms with Gasteiger partial charge in [-0.15, -0.1) is 0 Å². The quantitative estimate of drug-likeness (QED) is 0.804. The molecule has 1 aromatic carbocycles. The van der Waals surface area contributed by atoms with Gasteiger partial charge in [0.15, 0.2) is 0 Å². The first kappa shape index (κ1) is 13.3. The van der Waals surface area contributed by atoms with Crippen LogP contribution in [0.15, 0.2) is 40.9 Å². The predicted octanol–water partition coefficient (Wildman–Crippen LogP) is 2.71. The van der Waals surface area contributed by atoms with Crippen molar-refractivity contribution in [1.29, 1.82) is 0 Å². The van der Waals surface area contributed by atoms with Gasteiger partial charge in [0, 0.05) is 17.6 Å². The van der Waals surface area contributed by atoms with Gasteiger partial charge in [0.1, 0.15) is 6.04 Å². The summed E-state index contributed by atoms with van der Waals surface area (Å²) >= 11 is 3.51. The van der Waals surface area contributed by atoms with Crippen molar-refractivity contribution in [2.24, 2.45) is 0 Å². The van der Waals surface area contributed by atoms with Crippen LogP contribution in [0.25, 0.3) is 0 Å². The van der Waals surface area contributed by atoms with Crippen LogP contribution in [0.3, 0.4) is 0 Å². The molecule has 0 bridgehead atoms. The number of esters is 1. The van der Waals surface area contributed by atoms with Gasteiger partial charge in [0.25, 0.3) is 0 Å². The van der Waals surface area contributed by atoms with E-state index in [1.807, 2.05) is 24.3 Å². The minimum atomic E-state index is -0.184. The highest BCUT2D eigenvalue weighted by molar-refractivity contribution is 9.11. The minimum absolute atomic E-state index is 0.165. The van der Waals surface area contributed by atoms with Crippen LogP contribution in [0, 0.1) is 0 Å². The van der Waals surface area contributed by atoms with Crippen molar-refractivity contribution in [3.05, 3.63) is 46.5 Å². The smallest absolute Gasteiger partial charge is 0.323 e. The number of hydrogen-bond donors (Lipinski definition) is 0. The highest BCUT2D eigenvalue weighted by Crippen LogP contribution is 2.23. The van der Waals surface area contributed by atoms with E-state index in [4.69, 9.17) is 4.74 Å². The summed E-state index contributed by atoms with van der Waals surface area (Å²) in [4.78, 5) is 13.9. The lowest BCUT2D eigenvalue weighted by atomic mass is 10.1. The summed E-state index contributed by atoms with van der Waals surface area (Å²) in [5.41, 5.74) is 1.20. The maximum atomic E-state index is 11.8.